The first-order valence-electron chi connectivity index (χ1n) is 7.77. The largest absolute Gasteiger partial charge is 0.481 e. The smallest absolute Gasteiger partial charge is 0.335 e. The molecule has 28 heavy (non-hydrogen) atoms. The maximum absolute atomic E-state index is 12.6. The Morgan fingerprint density at radius 1 is 1.32 bits per heavy atom. The molecule has 2 heterocycles. The number of hydrogen-bond donors (Lipinski definition) is 2. The number of ether oxygens (including phenoxy) is 1. The lowest BCUT2D eigenvalue weighted by Gasteiger charge is -2.21. The highest BCUT2D eigenvalue weighted by Crippen LogP contribution is 2.24. The van der Waals surface area contributed by atoms with Gasteiger partial charge in [-0.25, -0.2) is 22.9 Å². The van der Waals surface area contributed by atoms with Crippen LogP contribution in [-0.2, 0) is 10.0 Å². The molecule has 146 valence electrons. The Morgan fingerprint density at radius 3 is 2.71 bits per heavy atom. The first-order valence-corrected chi connectivity index (χ1v) is 10.0. The standard InChI is InChI=1S/C16H14ClN5O4S2/c1-26-13-9-12(17)18-15(19-13)20-16(23)21-28(24,25)11-6-4-5-10(14(11)27)22-7-2-3-8-22/h2-10H,1H3,(H2,18,19,20,21,23). The first kappa shape index (κ1) is 20.0. The minimum atomic E-state index is -4.23. The van der Waals surface area contributed by atoms with Crippen LogP contribution in [0.2, 0.25) is 5.15 Å². The van der Waals surface area contributed by atoms with Crippen LogP contribution in [0.25, 0.3) is 0 Å². The maximum Gasteiger partial charge on any atom is 0.335 e. The lowest BCUT2D eigenvalue weighted by Crippen LogP contribution is -2.38. The molecule has 2 amide bonds. The van der Waals surface area contributed by atoms with Crippen LogP contribution in [0.15, 0.2) is 53.7 Å². The normalized spacial score (nSPS) is 16.4. The minimum absolute atomic E-state index is 0.0147. The van der Waals surface area contributed by atoms with E-state index < -0.39 is 22.1 Å². The minimum Gasteiger partial charge on any atom is -0.481 e. The number of rotatable bonds is 5. The fourth-order valence-electron chi connectivity index (χ4n) is 2.42. The molecule has 0 aromatic carbocycles. The molecule has 0 saturated heterocycles. The Kier molecular flexibility index (Phi) is 5.77. The molecular weight excluding hydrogens is 426 g/mol. The summed E-state index contributed by atoms with van der Waals surface area (Å²) in [5, 5.41) is 2.21. The summed E-state index contributed by atoms with van der Waals surface area (Å²) in [6.07, 6.45) is 8.18. The lowest BCUT2D eigenvalue weighted by atomic mass is 10.1. The zero-order chi connectivity index (χ0) is 20.3. The third-order valence-electron chi connectivity index (χ3n) is 3.62. The monoisotopic (exact) mass is 439 g/mol. The molecule has 2 aromatic rings. The molecule has 9 nitrogen and oxygen atoms in total. The summed E-state index contributed by atoms with van der Waals surface area (Å²) in [7, 11) is -2.87. The summed E-state index contributed by atoms with van der Waals surface area (Å²) in [5.74, 6) is -0.114. The molecular formula is C16H14ClN5O4S2. The van der Waals surface area contributed by atoms with Gasteiger partial charge in [0.1, 0.15) is 10.1 Å². The van der Waals surface area contributed by atoms with Crippen molar-refractivity contribution in [2.24, 2.45) is 0 Å². The lowest BCUT2D eigenvalue weighted by molar-refractivity contribution is 0.256. The molecule has 2 N–H and O–H groups in total. The number of amides is 2. The number of thiocarbonyl (C=S) groups is 1. The molecule has 0 radical (unpaired) electrons. The van der Waals surface area contributed by atoms with Gasteiger partial charge in [0.15, 0.2) is 0 Å². The molecule has 1 aliphatic carbocycles. The van der Waals surface area contributed by atoms with Gasteiger partial charge in [-0.3, -0.25) is 5.32 Å². The summed E-state index contributed by atoms with van der Waals surface area (Å²) in [6.45, 7) is 0. The van der Waals surface area contributed by atoms with Gasteiger partial charge in [-0.1, -0.05) is 36.0 Å². The molecule has 0 bridgehead atoms. The van der Waals surface area contributed by atoms with E-state index in [1.807, 2.05) is 4.72 Å². The van der Waals surface area contributed by atoms with Gasteiger partial charge < -0.3 is 9.30 Å². The van der Waals surface area contributed by atoms with Crippen LogP contribution in [0, 0.1) is 0 Å². The van der Waals surface area contributed by atoms with Crippen LogP contribution < -0.4 is 14.8 Å². The molecule has 1 unspecified atom stereocenters. The van der Waals surface area contributed by atoms with Crippen molar-refractivity contribution in [1.82, 2.24) is 19.3 Å². The Hall–Kier alpha value is -2.76. The highest BCUT2D eigenvalue weighted by molar-refractivity contribution is 7.97. The van der Waals surface area contributed by atoms with E-state index in [4.69, 9.17) is 28.6 Å². The number of hydrogen-bond acceptors (Lipinski definition) is 7. The van der Waals surface area contributed by atoms with Crippen molar-refractivity contribution in [3.63, 3.8) is 0 Å². The third kappa shape index (κ3) is 4.38. The predicted octanol–water partition coefficient (Wildman–Crippen LogP) is 2.46. The molecule has 0 aliphatic heterocycles. The fraction of sp³-hybridized carbons (Fsp3) is 0.125. The van der Waals surface area contributed by atoms with Gasteiger partial charge in [0.05, 0.1) is 18.0 Å². The van der Waals surface area contributed by atoms with Gasteiger partial charge in [0, 0.05) is 18.5 Å². The molecule has 0 spiro atoms. The molecule has 0 saturated carbocycles. The number of nitrogens with one attached hydrogen (secondary N) is 2. The van der Waals surface area contributed by atoms with Crippen molar-refractivity contribution in [2.45, 2.75) is 6.04 Å². The van der Waals surface area contributed by atoms with Gasteiger partial charge >= 0.3 is 6.03 Å². The second-order valence-electron chi connectivity index (χ2n) is 5.47. The highest BCUT2D eigenvalue weighted by Gasteiger charge is 2.30. The number of nitrogens with zero attached hydrogens (tertiary/aromatic N) is 3. The molecule has 0 fully saturated rings. The third-order valence-corrected chi connectivity index (χ3v) is 5.80. The average Bonchev–Trinajstić information content (AvgIpc) is 3.14. The van der Waals surface area contributed by atoms with E-state index in [1.165, 1.54) is 19.3 Å². The first-order chi connectivity index (χ1) is 13.3. The number of urea groups is 1. The van der Waals surface area contributed by atoms with E-state index in [2.05, 4.69) is 15.3 Å². The van der Waals surface area contributed by atoms with Crippen LogP contribution in [0.4, 0.5) is 10.7 Å². The van der Waals surface area contributed by atoms with E-state index in [0.717, 1.165) is 0 Å². The zero-order valence-corrected chi connectivity index (χ0v) is 16.8. The van der Waals surface area contributed by atoms with Crippen LogP contribution in [0.3, 0.4) is 0 Å². The quantitative estimate of drug-likeness (QED) is 0.543. The van der Waals surface area contributed by atoms with E-state index >= 15 is 0 Å². The van der Waals surface area contributed by atoms with Crippen LogP contribution in [-0.4, -0.2) is 41.0 Å². The van der Waals surface area contributed by atoms with Crippen LogP contribution >= 0.6 is 23.8 Å². The van der Waals surface area contributed by atoms with Crippen molar-refractivity contribution in [2.75, 3.05) is 12.4 Å². The Morgan fingerprint density at radius 2 is 2.04 bits per heavy atom. The number of halogens is 1. The second kappa shape index (κ2) is 8.09. The number of carbonyl (C=O) groups excluding carboxylic acids is 1. The number of methoxy groups -OCH3 is 1. The number of allylic oxidation sites excluding steroid dienone is 4. The summed E-state index contributed by atoms with van der Waals surface area (Å²) in [6, 6.07) is 3.41. The van der Waals surface area contributed by atoms with E-state index in [0.29, 0.717) is 0 Å². The van der Waals surface area contributed by atoms with Crippen LogP contribution in [0.5, 0.6) is 5.88 Å². The Bertz CT molecular complexity index is 1080. The van der Waals surface area contributed by atoms with Crippen LogP contribution in [0.1, 0.15) is 6.04 Å². The Labute approximate surface area is 171 Å². The average molecular weight is 440 g/mol. The molecule has 3 rings (SSSR count). The summed E-state index contributed by atoms with van der Waals surface area (Å²) < 4.78 is 33.8. The van der Waals surface area contributed by atoms with Crippen molar-refractivity contribution < 1.29 is 17.9 Å². The number of sulfonamides is 1. The number of anilines is 1. The molecule has 1 atom stereocenters. The van der Waals surface area contributed by atoms with Crippen molar-refractivity contribution in [3.8, 4) is 5.88 Å². The molecule has 12 heteroatoms. The fourth-order valence-corrected chi connectivity index (χ4v) is 4.23. The maximum atomic E-state index is 12.6. The van der Waals surface area contributed by atoms with Gasteiger partial charge in [-0.05, 0) is 18.2 Å². The topological polar surface area (TPSA) is 115 Å². The summed E-state index contributed by atoms with van der Waals surface area (Å²) >= 11 is 11.1. The van der Waals surface area contributed by atoms with Gasteiger partial charge in [-0.2, -0.15) is 4.98 Å². The van der Waals surface area contributed by atoms with E-state index in [9.17, 15) is 13.2 Å². The van der Waals surface area contributed by atoms with Crippen molar-refractivity contribution in [3.05, 3.63) is 58.9 Å². The van der Waals surface area contributed by atoms with E-state index in [-0.39, 0.29) is 26.8 Å². The predicted molar refractivity (Wildman–Crippen MR) is 108 cm³/mol. The summed E-state index contributed by atoms with van der Waals surface area (Å²) in [5.41, 5.74) is 0. The highest BCUT2D eigenvalue weighted by atomic mass is 35.5. The second-order valence-corrected chi connectivity index (χ2v) is 7.95. The van der Waals surface area contributed by atoms with E-state index in [1.54, 1.807) is 41.2 Å². The number of carbonyl (C=O) groups is 1. The van der Waals surface area contributed by atoms with Gasteiger partial charge in [0.25, 0.3) is 10.0 Å². The van der Waals surface area contributed by atoms with Crippen molar-refractivity contribution >= 4 is 50.7 Å². The zero-order valence-electron chi connectivity index (χ0n) is 14.4. The molecule has 1 aliphatic rings. The SMILES string of the molecule is COc1cc(Cl)nc(NC(=O)NS(=O)(=O)C2=CC=CC(n3cccc3)C2=S)n1. The Balaban J connectivity index is 1.75. The van der Waals surface area contributed by atoms with Gasteiger partial charge in [0.2, 0.25) is 11.8 Å². The molecule has 2 aromatic heterocycles. The summed E-state index contributed by atoms with van der Waals surface area (Å²) in [4.78, 5) is 19.7. The van der Waals surface area contributed by atoms with Crippen molar-refractivity contribution in [1.29, 1.82) is 0 Å². The van der Waals surface area contributed by atoms with Gasteiger partial charge in [-0.15, -0.1) is 0 Å². The number of aromatic nitrogens is 3.